The van der Waals surface area contributed by atoms with Crippen LogP contribution >= 0.6 is 0 Å². The molecule has 33 heavy (non-hydrogen) atoms. The van der Waals surface area contributed by atoms with E-state index >= 15 is 0 Å². The molecule has 5 aliphatic carbocycles. The lowest BCUT2D eigenvalue weighted by atomic mass is 9.42. The van der Waals surface area contributed by atoms with Crippen molar-refractivity contribution < 1.29 is 34.3 Å². The maximum atomic E-state index is 13.0. The number of likely N-dealkylation sites (N-methyl/N-ethyl adjacent to an activating group) is 1. The minimum atomic E-state index is -1.52. The summed E-state index contributed by atoms with van der Waals surface area (Å²) in [5.74, 6) is -0.0916. The summed E-state index contributed by atoms with van der Waals surface area (Å²) in [4.78, 5) is 2.33. The van der Waals surface area contributed by atoms with E-state index in [2.05, 4.69) is 11.8 Å². The van der Waals surface area contributed by atoms with E-state index in [1.165, 1.54) is 0 Å². The number of hydrogen-bond donors (Lipinski definition) is 3. The third-order valence-electron chi connectivity index (χ3n) is 11.6. The zero-order valence-electron chi connectivity index (χ0n) is 20.6. The number of rotatable bonds is 6. The van der Waals surface area contributed by atoms with Crippen molar-refractivity contribution in [2.75, 3.05) is 48.1 Å². The van der Waals surface area contributed by atoms with E-state index < -0.39 is 28.1 Å². The molecular formula is C25H41NO7. The Labute approximate surface area is 196 Å². The fourth-order valence-corrected chi connectivity index (χ4v) is 11.0. The summed E-state index contributed by atoms with van der Waals surface area (Å²) in [5, 5.41) is 36.6. The van der Waals surface area contributed by atoms with Crippen LogP contribution in [-0.4, -0.2) is 110 Å². The molecular weight excluding hydrogens is 426 g/mol. The van der Waals surface area contributed by atoms with Crippen LogP contribution in [0.2, 0.25) is 0 Å². The van der Waals surface area contributed by atoms with E-state index in [1.54, 1.807) is 28.4 Å². The first kappa shape index (κ1) is 23.1. The van der Waals surface area contributed by atoms with Gasteiger partial charge in [-0.25, -0.2) is 0 Å². The van der Waals surface area contributed by atoms with Gasteiger partial charge in [0, 0.05) is 70.0 Å². The van der Waals surface area contributed by atoms with Gasteiger partial charge in [0.2, 0.25) is 0 Å². The van der Waals surface area contributed by atoms with Crippen molar-refractivity contribution in [1.82, 2.24) is 4.90 Å². The summed E-state index contributed by atoms with van der Waals surface area (Å²) in [6.07, 6.45) is 1.81. The lowest BCUT2D eigenvalue weighted by molar-refractivity contribution is -0.320. The zero-order chi connectivity index (χ0) is 23.6. The molecule has 0 amide bonds. The lowest BCUT2D eigenvalue weighted by Crippen LogP contribution is -2.82. The van der Waals surface area contributed by atoms with Crippen molar-refractivity contribution in [3.05, 3.63) is 0 Å². The fraction of sp³-hybridized carbons (Fsp3) is 1.00. The molecule has 0 aromatic rings. The molecule has 6 fully saturated rings. The summed E-state index contributed by atoms with van der Waals surface area (Å²) in [7, 11) is 6.85. The highest BCUT2D eigenvalue weighted by molar-refractivity contribution is 5.41. The van der Waals surface area contributed by atoms with Gasteiger partial charge in [-0.05, 0) is 31.7 Å². The first-order valence-corrected chi connectivity index (χ1v) is 12.7. The van der Waals surface area contributed by atoms with Crippen molar-refractivity contribution in [2.45, 2.75) is 74.3 Å². The first-order valence-electron chi connectivity index (χ1n) is 12.7. The number of methoxy groups -OCH3 is 4. The number of ether oxygens (including phenoxy) is 4. The molecule has 8 nitrogen and oxygen atoms in total. The van der Waals surface area contributed by atoms with Crippen molar-refractivity contribution >= 4 is 0 Å². The van der Waals surface area contributed by atoms with E-state index in [9.17, 15) is 15.3 Å². The van der Waals surface area contributed by atoms with Crippen LogP contribution in [0, 0.1) is 34.5 Å². The standard InChI is InChI=1S/C25H41NO7/c1-6-26-11-22(12-27)8-7-16(31-3)24-14-9-13-15(30-2)10-23(28,17(14)18(13)32-4)25(29,21(24)26)20(33-5)19(22)24/h13-21,27-29H,6-12H2,1-5H3/t13-,14-,15+,16+,17?,18?,19-,20+,21?,22-,23-,24+,25+/m1/s1. The molecule has 1 spiro atoms. The van der Waals surface area contributed by atoms with Gasteiger partial charge >= 0.3 is 0 Å². The number of aliphatic hydroxyl groups excluding tert-OH is 1. The van der Waals surface area contributed by atoms with Crippen LogP contribution in [0.5, 0.6) is 0 Å². The van der Waals surface area contributed by atoms with Gasteiger partial charge in [0.15, 0.2) is 0 Å². The van der Waals surface area contributed by atoms with Crippen LogP contribution in [0.3, 0.4) is 0 Å². The van der Waals surface area contributed by atoms with Gasteiger partial charge in [0.1, 0.15) is 11.2 Å². The molecule has 1 saturated heterocycles. The predicted octanol–water partition coefficient (Wildman–Crippen LogP) is 0.271. The highest BCUT2D eigenvalue weighted by atomic mass is 16.5. The Balaban J connectivity index is 1.68. The number of fused-ring (bicyclic) bond motifs is 2. The van der Waals surface area contributed by atoms with Crippen LogP contribution in [-0.2, 0) is 18.9 Å². The Morgan fingerprint density at radius 1 is 1.03 bits per heavy atom. The van der Waals surface area contributed by atoms with Crippen LogP contribution < -0.4 is 0 Å². The molecule has 6 aliphatic rings. The zero-order valence-corrected chi connectivity index (χ0v) is 20.6. The molecule has 3 unspecified atom stereocenters. The fourth-order valence-electron chi connectivity index (χ4n) is 11.0. The number of aliphatic hydroxyl groups is 3. The van der Waals surface area contributed by atoms with Crippen molar-refractivity contribution in [3.8, 4) is 0 Å². The molecule has 188 valence electrons. The minimum absolute atomic E-state index is 0.0443. The number of nitrogens with zero attached hydrogens (tertiary/aromatic N) is 1. The SMILES string of the molecule is CCN1C[C@@]2(CO)CC[C@H](OC)[C@]34C1[C@@](O)([C@@H](OC)[C@H]23)[C@@]1(O)C[C@H](OC)[C@H]2C[C@@H]4C1C2OC. The third kappa shape index (κ3) is 2.16. The molecule has 0 radical (unpaired) electrons. The van der Waals surface area contributed by atoms with Gasteiger partial charge in [-0.3, -0.25) is 4.90 Å². The van der Waals surface area contributed by atoms with E-state index in [-0.39, 0.29) is 54.6 Å². The second-order valence-electron chi connectivity index (χ2n) is 11.8. The van der Waals surface area contributed by atoms with Crippen LogP contribution in [0.25, 0.3) is 0 Å². The maximum absolute atomic E-state index is 13.0. The Morgan fingerprint density at radius 3 is 2.36 bits per heavy atom. The van der Waals surface area contributed by atoms with Gasteiger partial charge in [0.05, 0.1) is 37.1 Å². The summed E-state index contributed by atoms with van der Waals surface area (Å²) >= 11 is 0. The largest absolute Gasteiger partial charge is 0.396 e. The summed E-state index contributed by atoms with van der Waals surface area (Å²) < 4.78 is 24.5. The second-order valence-corrected chi connectivity index (χ2v) is 11.8. The molecule has 7 bridgehead atoms. The average Bonchev–Trinajstić information content (AvgIpc) is 3.24. The Kier molecular flexibility index (Phi) is 4.99. The monoisotopic (exact) mass is 467 g/mol. The summed E-state index contributed by atoms with van der Waals surface area (Å²) in [6.45, 7) is 3.59. The summed E-state index contributed by atoms with van der Waals surface area (Å²) in [5.41, 5.74) is -3.78. The van der Waals surface area contributed by atoms with Crippen molar-refractivity contribution in [2.24, 2.45) is 34.5 Å². The Hall–Kier alpha value is -0.320. The van der Waals surface area contributed by atoms with Gasteiger partial charge < -0.3 is 34.3 Å². The van der Waals surface area contributed by atoms with Crippen LogP contribution in [0.15, 0.2) is 0 Å². The van der Waals surface area contributed by atoms with Crippen molar-refractivity contribution in [3.63, 3.8) is 0 Å². The molecule has 8 heteroatoms. The molecule has 3 N–H and O–H groups in total. The third-order valence-corrected chi connectivity index (χ3v) is 11.6. The van der Waals surface area contributed by atoms with Gasteiger partial charge in [-0.1, -0.05) is 6.92 Å². The second kappa shape index (κ2) is 7.13. The minimum Gasteiger partial charge on any atom is -0.396 e. The number of hydrogen-bond acceptors (Lipinski definition) is 8. The Morgan fingerprint density at radius 2 is 1.79 bits per heavy atom. The van der Waals surface area contributed by atoms with Gasteiger partial charge in [-0.15, -0.1) is 0 Å². The van der Waals surface area contributed by atoms with Crippen molar-refractivity contribution in [1.29, 1.82) is 0 Å². The van der Waals surface area contributed by atoms with Gasteiger partial charge in [-0.2, -0.15) is 0 Å². The lowest BCUT2D eigenvalue weighted by Gasteiger charge is -2.70. The molecule has 1 aliphatic heterocycles. The van der Waals surface area contributed by atoms with Gasteiger partial charge in [0.25, 0.3) is 0 Å². The molecule has 0 aromatic heterocycles. The van der Waals surface area contributed by atoms with E-state index in [0.29, 0.717) is 13.0 Å². The van der Waals surface area contributed by atoms with E-state index in [4.69, 9.17) is 18.9 Å². The van der Waals surface area contributed by atoms with E-state index in [1.807, 2.05) is 0 Å². The first-order chi connectivity index (χ1) is 15.8. The molecule has 6 rings (SSSR count). The molecule has 0 aromatic carbocycles. The average molecular weight is 468 g/mol. The molecule has 1 heterocycles. The number of likely N-dealkylation sites (tertiary alicyclic amines) is 1. The van der Waals surface area contributed by atoms with Crippen LogP contribution in [0.4, 0.5) is 0 Å². The quantitative estimate of drug-likeness (QED) is 0.512. The maximum Gasteiger partial charge on any atom is 0.136 e. The Bertz CT molecular complexity index is 814. The highest BCUT2D eigenvalue weighted by Crippen LogP contribution is 2.80. The predicted molar refractivity (Wildman–Crippen MR) is 119 cm³/mol. The van der Waals surface area contributed by atoms with Crippen LogP contribution in [0.1, 0.15) is 32.6 Å². The van der Waals surface area contributed by atoms with E-state index in [0.717, 1.165) is 25.8 Å². The topological polar surface area (TPSA) is 101 Å². The smallest absolute Gasteiger partial charge is 0.136 e. The summed E-state index contributed by atoms with van der Waals surface area (Å²) in [6, 6.07) is -0.312. The molecule has 13 atom stereocenters. The normalized spacial score (nSPS) is 60.9. The number of piperidine rings is 1. The highest BCUT2D eigenvalue weighted by Gasteiger charge is 2.91. The molecule has 5 saturated carbocycles.